The van der Waals surface area contributed by atoms with Gasteiger partial charge in [0.1, 0.15) is 31.1 Å². The van der Waals surface area contributed by atoms with Crippen LogP contribution in [0.15, 0.2) is 53.7 Å². The average Bonchev–Trinajstić information content (AvgIpc) is 3.86. The van der Waals surface area contributed by atoms with Gasteiger partial charge >= 0.3 is 0 Å². The standard InChI is InChI=1S/C44H60N8O3Si2/c1-31-10-9-15-49(25-31)27-36-23-40-43(52(36)30-55-17-19-57(6,7)8)44(53)51(28-46-40)41-22-35(21-39(47-41)34-12-13-34)37-14-11-33(24-45)20-38(37)42-32(2)26-50(48-42)29-54-16-18-56(3,4)5/h11,14,20-23,26,28,31,34H,9-10,12-13,15-19,25,27,29-30H2,1-8H3/t31-/m0/s1. The summed E-state index contributed by atoms with van der Waals surface area (Å²) in [7, 11) is -2.51. The quantitative estimate of drug-likeness (QED) is 0.0717. The van der Waals surface area contributed by atoms with E-state index in [4.69, 9.17) is 24.5 Å². The maximum Gasteiger partial charge on any atom is 0.283 e. The van der Waals surface area contributed by atoms with E-state index in [2.05, 4.69) is 73.9 Å². The lowest BCUT2D eigenvalue weighted by atomic mass is 9.94. The van der Waals surface area contributed by atoms with E-state index in [1.54, 1.807) is 10.9 Å². The maximum absolute atomic E-state index is 14.8. The lowest BCUT2D eigenvalue weighted by Gasteiger charge is -2.31. The zero-order valence-electron chi connectivity index (χ0n) is 35.3. The van der Waals surface area contributed by atoms with Crippen molar-refractivity contribution in [3.63, 3.8) is 0 Å². The first-order valence-corrected chi connectivity index (χ1v) is 28.2. The van der Waals surface area contributed by atoms with Crippen LogP contribution in [-0.2, 0) is 29.5 Å². The van der Waals surface area contributed by atoms with Crippen LogP contribution in [0.25, 0.3) is 39.2 Å². The third kappa shape index (κ3) is 10.1. The monoisotopic (exact) mass is 804 g/mol. The molecule has 1 aliphatic carbocycles. The Morgan fingerprint density at radius 3 is 2.35 bits per heavy atom. The van der Waals surface area contributed by atoms with Gasteiger partial charge in [-0.3, -0.25) is 9.69 Å². The van der Waals surface area contributed by atoms with Crippen LogP contribution < -0.4 is 5.56 Å². The predicted octanol–water partition coefficient (Wildman–Crippen LogP) is 9.03. The molecule has 4 aromatic heterocycles. The van der Waals surface area contributed by atoms with Gasteiger partial charge in [0, 0.05) is 71.5 Å². The summed E-state index contributed by atoms with van der Waals surface area (Å²) in [6.07, 6.45) is 8.18. The molecular weight excluding hydrogens is 745 g/mol. The van der Waals surface area contributed by atoms with E-state index in [1.807, 2.05) is 42.1 Å². The highest BCUT2D eigenvalue weighted by Gasteiger charge is 2.28. The Labute approximate surface area is 339 Å². The van der Waals surface area contributed by atoms with E-state index >= 15 is 0 Å². The number of aromatic nitrogens is 6. The number of aryl methyl sites for hydroxylation is 1. The van der Waals surface area contributed by atoms with E-state index < -0.39 is 16.1 Å². The van der Waals surface area contributed by atoms with Crippen LogP contribution in [0, 0.1) is 24.2 Å². The van der Waals surface area contributed by atoms with Crippen molar-refractivity contribution in [1.82, 2.24) is 33.8 Å². The van der Waals surface area contributed by atoms with Gasteiger partial charge in [-0.05, 0) is 104 Å². The van der Waals surface area contributed by atoms with E-state index in [9.17, 15) is 10.1 Å². The Morgan fingerprint density at radius 2 is 1.67 bits per heavy atom. The molecular formula is C44H60N8O3Si2. The van der Waals surface area contributed by atoms with E-state index in [-0.39, 0.29) is 5.56 Å². The number of hydrogen-bond donors (Lipinski definition) is 0. The molecule has 0 amide bonds. The van der Waals surface area contributed by atoms with Crippen LogP contribution in [0.1, 0.15) is 61.0 Å². The summed E-state index contributed by atoms with van der Waals surface area (Å²) in [5, 5.41) is 14.9. The van der Waals surface area contributed by atoms with Gasteiger partial charge in [0.25, 0.3) is 5.56 Å². The molecule has 0 radical (unpaired) electrons. The van der Waals surface area contributed by atoms with Crippen molar-refractivity contribution in [1.29, 1.82) is 5.26 Å². The van der Waals surface area contributed by atoms with Gasteiger partial charge in [-0.15, -0.1) is 0 Å². The van der Waals surface area contributed by atoms with Crippen molar-refractivity contribution in [3.8, 4) is 34.3 Å². The van der Waals surface area contributed by atoms with Gasteiger partial charge < -0.3 is 14.0 Å². The second-order valence-electron chi connectivity index (χ2n) is 18.9. The number of rotatable bonds is 16. The minimum atomic E-state index is -1.30. The first kappa shape index (κ1) is 41.0. The second-order valence-corrected chi connectivity index (χ2v) is 30.1. The Morgan fingerprint density at radius 1 is 0.930 bits per heavy atom. The van der Waals surface area contributed by atoms with Crippen LogP contribution >= 0.6 is 0 Å². The highest BCUT2D eigenvalue weighted by molar-refractivity contribution is 6.76. The SMILES string of the molecule is Cc1cn(COCC[Si](C)(C)C)nc1-c1cc(C#N)ccc1-c1cc(C2CC2)nc(-n2cnc3cc(CN4CCC[C@H](C)C4)n(COCC[Si](C)(C)C)c3c2=O)c1. The third-order valence-corrected chi connectivity index (χ3v) is 14.6. The molecule has 1 aromatic carbocycles. The molecule has 1 saturated carbocycles. The third-order valence-electron chi connectivity index (χ3n) is 11.2. The van der Waals surface area contributed by atoms with Gasteiger partial charge in [-0.2, -0.15) is 10.4 Å². The summed E-state index contributed by atoms with van der Waals surface area (Å²) in [6, 6.07) is 16.4. The molecule has 11 nitrogen and oxygen atoms in total. The van der Waals surface area contributed by atoms with Crippen LogP contribution in [0.5, 0.6) is 0 Å². The minimum Gasteiger partial charge on any atom is -0.361 e. The Bertz CT molecular complexity index is 2320. The number of hydrogen-bond acceptors (Lipinski definition) is 8. The number of piperidine rings is 1. The number of nitriles is 1. The summed E-state index contributed by atoms with van der Waals surface area (Å²) in [5.74, 6) is 1.50. The summed E-state index contributed by atoms with van der Waals surface area (Å²) in [4.78, 5) is 27.3. The topological polar surface area (TPSA) is 116 Å². The zero-order valence-corrected chi connectivity index (χ0v) is 37.3. The fraction of sp³-hybridized carbons (Fsp3) is 0.523. The number of pyridine rings is 1. The molecule has 1 atom stereocenters. The normalized spacial score (nSPS) is 16.7. The van der Waals surface area contributed by atoms with Crippen molar-refractivity contribution >= 4 is 27.2 Å². The Hall–Kier alpha value is -4.20. The summed E-state index contributed by atoms with van der Waals surface area (Å²) in [5.41, 5.74) is 8.09. The highest BCUT2D eigenvalue weighted by Crippen LogP contribution is 2.42. The van der Waals surface area contributed by atoms with Gasteiger partial charge in [0.2, 0.25) is 0 Å². The minimum absolute atomic E-state index is 0.165. The van der Waals surface area contributed by atoms with Gasteiger partial charge in [0.15, 0.2) is 0 Å². The molecule has 1 aliphatic heterocycles. The van der Waals surface area contributed by atoms with Crippen molar-refractivity contribution in [2.24, 2.45) is 5.92 Å². The summed E-state index contributed by atoms with van der Waals surface area (Å²) < 4.78 is 17.9. The van der Waals surface area contributed by atoms with Crippen LogP contribution in [0.3, 0.4) is 0 Å². The molecule has 0 N–H and O–H groups in total. The lowest BCUT2D eigenvalue weighted by molar-refractivity contribution is 0.0787. The number of benzene rings is 1. The van der Waals surface area contributed by atoms with E-state index in [0.29, 0.717) is 60.9 Å². The maximum atomic E-state index is 14.8. The predicted molar refractivity (Wildman–Crippen MR) is 233 cm³/mol. The van der Waals surface area contributed by atoms with Crippen molar-refractivity contribution in [2.45, 2.75) is 117 Å². The van der Waals surface area contributed by atoms with Gasteiger partial charge in [-0.25, -0.2) is 19.2 Å². The van der Waals surface area contributed by atoms with Crippen LogP contribution in [-0.4, -0.2) is 76.2 Å². The molecule has 5 heterocycles. The zero-order chi connectivity index (χ0) is 40.5. The molecule has 302 valence electrons. The number of ether oxygens (including phenoxy) is 2. The fourth-order valence-electron chi connectivity index (χ4n) is 7.69. The van der Waals surface area contributed by atoms with Crippen molar-refractivity contribution in [3.05, 3.63) is 81.8 Å². The fourth-order valence-corrected chi connectivity index (χ4v) is 9.20. The second kappa shape index (κ2) is 17.0. The number of fused-ring (bicyclic) bond motifs is 1. The largest absolute Gasteiger partial charge is 0.361 e. The van der Waals surface area contributed by atoms with Crippen LogP contribution in [0.4, 0.5) is 0 Å². The molecule has 2 fully saturated rings. The molecule has 57 heavy (non-hydrogen) atoms. The van der Waals surface area contributed by atoms with Crippen LogP contribution in [0.2, 0.25) is 51.4 Å². The van der Waals surface area contributed by atoms with Crippen molar-refractivity contribution in [2.75, 3.05) is 26.3 Å². The number of nitrogens with zero attached hydrogens (tertiary/aromatic N) is 8. The summed E-state index contributed by atoms with van der Waals surface area (Å²) >= 11 is 0. The molecule has 1 saturated heterocycles. The highest BCUT2D eigenvalue weighted by atomic mass is 28.3. The first-order chi connectivity index (χ1) is 27.2. The molecule has 2 aliphatic rings. The molecule has 5 aromatic rings. The number of likely N-dealkylation sites (tertiary alicyclic amines) is 1. The molecule has 0 spiro atoms. The summed E-state index contributed by atoms with van der Waals surface area (Å²) in [6.45, 7) is 23.3. The van der Waals surface area contributed by atoms with Gasteiger partial charge in [-0.1, -0.05) is 52.3 Å². The van der Waals surface area contributed by atoms with Gasteiger partial charge in [0.05, 0.1) is 22.8 Å². The van der Waals surface area contributed by atoms with E-state index in [0.717, 1.165) is 83.9 Å². The first-order valence-electron chi connectivity index (χ1n) is 20.7. The Balaban J connectivity index is 1.28. The molecule has 0 unspecified atom stereocenters. The van der Waals surface area contributed by atoms with E-state index in [1.165, 1.54) is 12.8 Å². The lowest BCUT2D eigenvalue weighted by Crippen LogP contribution is -2.34. The van der Waals surface area contributed by atoms with Crippen molar-refractivity contribution < 1.29 is 9.47 Å². The average molecular weight is 805 g/mol. The molecule has 13 heteroatoms. The molecule has 7 rings (SSSR count). The Kier molecular flexibility index (Phi) is 12.2. The smallest absolute Gasteiger partial charge is 0.283 e. The molecule has 0 bridgehead atoms.